The fraction of sp³-hybridized carbons (Fsp3) is 0.231. The molecule has 100 valence electrons. The quantitative estimate of drug-likeness (QED) is 0.855. The van der Waals surface area contributed by atoms with Crippen LogP contribution in [0.5, 0.6) is 0 Å². The van der Waals surface area contributed by atoms with Gasteiger partial charge in [-0.05, 0) is 17.7 Å². The standard InChI is InChI=1S/C13H12F3N3/c1-19(12-6-7-17-9-18-12)8-10-4-2-3-5-11(10)13(14,15)16/h2-7,9H,8H2,1H3. The zero-order chi connectivity index (χ0) is 13.9. The Bertz CT molecular complexity index is 540. The number of halogens is 3. The third-order valence-corrected chi connectivity index (χ3v) is 2.69. The van der Waals surface area contributed by atoms with Crippen LogP contribution in [-0.4, -0.2) is 17.0 Å². The normalized spacial score (nSPS) is 11.4. The Labute approximate surface area is 108 Å². The first kappa shape index (κ1) is 13.3. The van der Waals surface area contributed by atoms with Gasteiger partial charge in [-0.15, -0.1) is 0 Å². The lowest BCUT2D eigenvalue weighted by atomic mass is 10.1. The van der Waals surface area contributed by atoms with Crippen LogP contribution in [0, 0.1) is 0 Å². The van der Waals surface area contributed by atoms with E-state index in [1.54, 1.807) is 30.3 Å². The third-order valence-electron chi connectivity index (χ3n) is 2.69. The van der Waals surface area contributed by atoms with E-state index in [0.717, 1.165) is 6.07 Å². The van der Waals surface area contributed by atoms with Crippen LogP contribution < -0.4 is 4.90 Å². The van der Waals surface area contributed by atoms with Gasteiger partial charge in [0.15, 0.2) is 0 Å². The SMILES string of the molecule is CN(Cc1ccccc1C(F)(F)F)c1ccncn1. The first-order chi connectivity index (χ1) is 8.98. The highest BCUT2D eigenvalue weighted by atomic mass is 19.4. The van der Waals surface area contributed by atoms with E-state index in [-0.39, 0.29) is 12.1 Å². The largest absolute Gasteiger partial charge is 0.416 e. The molecule has 6 heteroatoms. The number of aromatic nitrogens is 2. The summed E-state index contributed by atoms with van der Waals surface area (Å²) in [6.45, 7) is 0.132. The summed E-state index contributed by atoms with van der Waals surface area (Å²) < 4.78 is 38.6. The second-order valence-corrected chi connectivity index (χ2v) is 4.08. The highest BCUT2D eigenvalue weighted by Gasteiger charge is 2.33. The Hall–Kier alpha value is -2.11. The smallest absolute Gasteiger partial charge is 0.355 e. The molecular formula is C13H12F3N3. The summed E-state index contributed by atoms with van der Waals surface area (Å²) in [5.41, 5.74) is -0.396. The monoisotopic (exact) mass is 267 g/mol. The van der Waals surface area contributed by atoms with Crippen molar-refractivity contribution < 1.29 is 13.2 Å². The van der Waals surface area contributed by atoms with Crippen molar-refractivity contribution in [2.24, 2.45) is 0 Å². The molecule has 0 atom stereocenters. The predicted molar refractivity (Wildman–Crippen MR) is 65.6 cm³/mol. The van der Waals surface area contributed by atoms with Gasteiger partial charge in [0, 0.05) is 19.8 Å². The fourth-order valence-electron chi connectivity index (χ4n) is 1.78. The molecule has 1 aromatic heterocycles. The van der Waals surface area contributed by atoms with Crippen LogP contribution in [0.15, 0.2) is 42.9 Å². The minimum atomic E-state index is -4.34. The van der Waals surface area contributed by atoms with Crippen molar-refractivity contribution in [2.45, 2.75) is 12.7 Å². The van der Waals surface area contributed by atoms with Gasteiger partial charge in [-0.1, -0.05) is 18.2 Å². The molecule has 3 nitrogen and oxygen atoms in total. The van der Waals surface area contributed by atoms with E-state index >= 15 is 0 Å². The molecule has 1 heterocycles. The van der Waals surface area contributed by atoms with Crippen molar-refractivity contribution in [3.05, 3.63) is 54.0 Å². The van der Waals surface area contributed by atoms with E-state index in [2.05, 4.69) is 9.97 Å². The van der Waals surface area contributed by atoms with Crippen LogP contribution in [0.3, 0.4) is 0 Å². The maximum atomic E-state index is 12.9. The molecule has 0 amide bonds. The molecule has 0 saturated carbocycles. The van der Waals surface area contributed by atoms with Crippen molar-refractivity contribution in [3.8, 4) is 0 Å². The van der Waals surface area contributed by atoms with Crippen LogP contribution >= 0.6 is 0 Å². The minimum absolute atomic E-state index is 0.132. The van der Waals surface area contributed by atoms with Gasteiger partial charge < -0.3 is 4.90 Å². The molecular weight excluding hydrogens is 255 g/mol. The van der Waals surface area contributed by atoms with E-state index in [1.165, 1.54) is 18.5 Å². The molecule has 0 spiro atoms. The molecule has 0 bridgehead atoms. The summed E-state index contributed by atoms with van der Waals surface area (Å²) in [5.74, 6) is 0.576. The molecule has 0 saturated heterocycles. The molecule has 2 rings (SSSR count). The van der Waals surface area contributed by atoms with Gasteiger partial charge >= 0.3 is 6.18 Å². The van der Waals surface area contributed by atoms with Gasteiger partial charge in [0.2, 0.25) is 0 Å². The Morgan fingerprint density at radius 1 is 1.16 bits per heavy atom. The number of nitrogens with zero attached hydrogens (tertiary/aromatic N) is 3. The summed E-state index contributed by atoms with van der Waals surface area (Å²) in [7, 11) is 1.69. The number of anilines is 1. The van der Waals surface area contributed by atoms with Crippen LogP contribution in [0.25, 0.3) is 0 Å². The Balaban J connectivity index is 2.25. The summed E-state index contributed by atoms with van der Waals surface area (Å²) in [5, 5.41) is 0. The van der Waals surface area contributed by atoms with Crippen molar-refractivity contribution in [1.29, 1.82) is 0 Å². The third kappa shape index (κ3) is 3.21. The first-order valence-corrected chi connectivity index (χ1v) is 5.61. The van der Waals surface area contributed by atoms with E-state index in [1.807, 2.05) is 0 Å². The summed E-state index contributed by atoms with van der Waals surface area (Å²) in [6, 6.07) is 7.19. The first-order valence-electron chi connectivity index (χ1n) is 5.61. The summed E-state index contributed by atoms with van der Waals surface area (Å²) in [6.07, 6.45) is -1.43. The molecule has 0 radical (unpaired) electrons. The van der Waals surface area contributed by atoms with Gasteiger partial charge in [-0.2, -0.15) is 13.2 Å². The van der Waals surface area contributed by atoms with E-state index in [0.29, 0.717) is 5.82 Å². The molecule has 0 aliphatic carbocycles. The van der Waals surface area contributed by atoms with Crippen molar-refractivity contribution >= 4 is 5.82 Å². The van der Waals surface area contributed by atoms with Crippen LogP contribution in [0.2, 0.25) is 0 Å². The van der Waals surface area contributed by atoms with Crippen LogP contribution in [0.1, 0.15) is 11.1 Å². The van der Waals surface area contributed by atoms with Gasteiger partial charge in [0.05, 0.1) is 5.56 Å². The molecule has 19 heavy (non-hydrogen) atoms. The number of hydrogen-bond donors (Lipinski definition) is 0. The number of hydrogen-bond acceptors (Lipinski definition) is 3. The lowest BCUT2D eigenvalue weighted by Gasteiger charge is -2.20. The van der Waals surface area contributed by atoms with E-state index in [4.69, 9.17) is 0 Å². The van der Waals surface area contributed by atoms with Gasteiger partial charge in [-0.3, -0.25) is 0 Å². The molecule has 0 fully saturated rings. The second kappa shape index (κ2) is 5.26. The lowest BCUT2D eigenvalue weighted by molar-refractivity contribution is -0.138. The highest BCUT2D eigenvalue weighted by molar-refractivity contribution is 5.39. The average molecular weight is 267 g/mol. The van der Waals surface area contributed by atoms with Crippen LogP contribution in [0.4, 0.5) is 19.0 Å². The van der Waals surface area contributed by atoms with Crippen LogP contribution in [-0.2, 0) is 12.7 Å². The highest BCUT2D eigenvalue weighted by Crippen LogP contribution is 2.32. The van der Waals surface area contributed by atoms with Crippen molar-refractivity contribution in [2.75, 3.05) is 11.9 Å². The van der Waals surface area contributed by atoms with Crippen molar-refractivity contribution in [3.63, 3.8) is 0 Å². The zero-order valence-electron chi connectivity index (χ0n) is 10.2. The van der Waals surface area contributed by atoms with Gasteiger partial charge in [-0.25, -0.2) is 9.97 Å². The number of rotatable bonds is 3. The van der Waals surface area contributed by atoms with E-state index in [9.17, 15) is 13.2 Å². The Morgan fingerprint density at radius 2 is 1.89 bits per heavy atom. The van der Waals surface area contributed by atoms with E-state index < -0.39 is 11.7 Å². The average Bonchev–Trinajstić information content (AvgIpc) is 2.39. The van der Waals surface area contributed by atoms with Gasteiger partial charge in [0.1, 0.15) is 12.1 Å². The fourth-order valence-corrected chi connectivity index (χ4v) is 1.78. The lowest BCUT2D eigenvalue weighted by Crippen LogP contribution is -2.20. The zero-order valence-corrected chi connectivity index (χ0v) is 10.2. The minimum Gasteiger partial charge on any atom is -0.355 e. The Morgan fingerprint density at radius 3 is 2.53 bits per heavy atom. The summed E-state index contributed by atoms with van der Waals surface area (Å²) in [4.78, 5) is 9.42. The number of benzene rings is 1. The Kier molecular flexibility index (Phi) is 3.69. The molecule has 1 aromatic carbocycles. The molecule has 0 aliphatic rings. The topological polar surface area (TPSA) is 29.0 Å². The second-order valence-electron chi connectivity index (χ2n) is 4.08. The molecule has 0 unspecified atom stereocenters. The molecule has 0 N–H and O–H groups in total. The maximum Gasteiger partial charge on any atom is 0.416 e. The summed E-state index contributed by atoms with van der Waals surface area (Å²) >= 11 is 0. The molecule has 2 aromatic rings. The van der Waals surface area contributed by atoms with Crippen molar-refractivity contribution in [1.82, 2.24) is 9.97 Å². The van der Waals surface area contributed by atoms with Gasteiger partial charge in [0.25, 0.3) is 0 Å². The number of alkyl halides is 3. The molecule has 0 aliphatic heterocycles. The predicted octanol–water partition coefficient (Wildman–Crippen LogP) is 3.13. The maximum absolute atomic E-state index is 12.9.